The fourth-order valence-corrected chi connectivity index (χ4v) is 2.52. The molecule has 0 spiro atoms. The van der Waals surface area contributed by atoms with E-state index >= 15 is 0 Å². The molecule has 9 nitrogen and oxygen atoms in total. The quantitative estimate of drug-likeness (QED) is 0.485. The van der Waals surface area contributed by atoms with Crippen molar-refractivity contribution in [2.75, 3.05) is 6.61 Å². The van der Waals surface area contributed by atoms with E-state index in [0.717, 1.165) is 0 Å². The molecule has 0 saturated carbocycles. The molecular weight excluding hydrogens is 366 g/mol. The third-order valence-corrected chi connectivity index (χ3v) is 3.76. The Labute approximate surface area is 166 Å². The summed E-state index contributed by atoms with van der Waals surface area (Å²) < 4.78 is 17.3. The average Bonchev–Trinajstić information content (AvgIpc) is 2.90. The highest BCUT2D eigenvalue weighted by atomic mass is 16.6. The zero-order valence-corrected chi connectivity index (χ0v) is 17.9. The molecule has 0 radical (unpaired) electrons. The lowest BCUT2D eigenvalue weighted by molar-refractivity contribution is -0.173. The van der Waals surface area contributed by atoms with Gasteiger partial charge in [0.1, 0.15) is 5.60 Å². The number of ether oxygens (including phenoxy) is 3. The Kier molecular flexibility index (Phi) is 8.44. The average molecular weight is 399 g/mol. The fraction of sp³-hybridized carbons (Fsp3) is 0.737. The second-order valence-corrected chi connectivity index (χ2v) is 8.09. The molecule has 1 aromatic rings. The Bertz CT molecular complexity index is 663. The van der Waals surface area contributed by atoms with Gasteiger partial charge in [-0.2, -0.15) is 5.10 Å². The molecule has 1 heterocycles. The van der Waals surface area contributed by atoms with E-state index < -0.39 is 29.6 Å². The summed E-state index contributed by atoms with van der Waals surface area (Å²) >= 11 is 0. The van der Waals surface area contributed by atoms with E-state index in [2.05, 4.69) is 10.4 Å². The van der Waals surface area contributed by atoms with Gasteiger partial charge in [0.2, 0.25) is 0 Å². The highest BCUT2D eigenvalue weighted by molar-refractivity contribution is 5.89. The van der Waals surface area contributed by atoms with Gasteiger partial charge in [0, 0.05) is 19.0 Å². The molecule has 0 aromatic carbocycles. The number of carbonyl (C=O) groups excluding carboxylic acids is 2. The number of hydrogen-bond donors (Lipinski definition) is 2. The minimum Gasteiger partial charge on any atom is -0.461 e. The molecule has 1 amide bonds. The number of alkyl carbamates (subject to hydrolysis) is 1. The summed E-state index contributed by atoms with van der Waals surface area (Å²) in [5, 5.41) is 16.6. The van der Waals surface area contributed by atoms with Crippen LogP contribution < -0.4 is 5.32 Å². The second-order valence-electron chi connectivity index (χ2n) is 8.09. The van der Waals surface area contributed by atoms with Crippen LogP contribution in [0.4, 0.5) is 4.79 Å². The zero-order valence-electron chi connectivity index (χ0n) is 17.9. The highest BCUT2D eigenvalue weighted by Gasteiger charge is 2.26. The molecular formula is C19H33N3O6. The standard InChI is InChI=1S/C19H33N3O6/c1-8-26-16(24)15-13(12-21-22(15)7)11-20-17(25)28-19(5,6)10-9-14(23)27-18(2,3)4/h12,14,23H,8-11H2,1-7H3,(H,20,25). The third kappa shape index (κ3) is 8.26. The Hall–Kier alpha value is -2.13. The van der Waals surface area contributed by atoms with Crippen molar-refractivity contribution in [3.8, 4) is 0 Å². The van der Waals surface area contributed by atoms with Gasteiger partial charge in [-0.25, -0.2) is 9.59 Å². The van der Waals surface area contributed by atoms with Gasteiger partial charge >= 0.3 is 12.1 Å². The lowest BCUT2D eigenvalue weighted by Crippen LogP contribution is -2.36. The van der Waals surface area contributed by atoms with Crippen molar-refractivity contribution in [2.24, 2.45) is 7.05 Å². The summed E-state index contributed by atoms with van der Waals surface area (Å²) in [6.07, 6.45) is 0.673. The maximum Gasteiger partial charge on any atom is 0.407 e. The first kappa shape index (κ1) is 23.9. The molecule has 0 fully saturated rings. The van der Waals surface area contributed by atoms with Crippen LogP contribution >= 0.6 is 0 Å². The smallest absolute Gasteiger partial charge is 0.407 e. The maximum absolute atomic E-state index is 12.1. The molecule has 28 heavy (non-hydrogen) atoms. The number of aliphatic hydroxyl groups excluding tert-OH is 1. The summed E-state index contributed by atoms with van der Waals surface area (Å²) in [4.78, 5) is 24.2. The van der Waals surface area contributed by atoms with Crippen molar-refractivity contribution in [3.05, 3.63) is 17.5 Å². The minimum absolute atomic E-state index is 0.0761. The summed E-state index contributed by atoms with van der Waals surface area (Å²) in [5.41, 5.74) is -0.443. The van der Waals surface area contributed by atoms with E-state index in [1.165, 1.54) is 10.9 Å². The first-order valence-corrected chi connectivity index (χ1v) is 9.35. The van der Waals surface area contributed by atoms with Crippen LogP contribution in [0.3, 0.4) is 0 Å². The van der Waals surface area contributed by atoms with Crippen LogP contribution in [-0.2, 0) is 27.8 Å². The maximum atomic E-state index is 12.1. The van der Waals surface area contributed by atoms with E-state index in [1.54, 1.807) is 27.8 Å². The predicted octanol–water partition coefficient (Wildman–Crippen LogP) is 2.52. The van der Waals surface area contributed by atoms with Gasteiger partial charge in [0.25, 0.3) is 0 Å². The molecule has 9 heteroatoms. The van der Waals surface area contributed by atoms with Crippen molar-refractivity contribution in [2.45, 2.75) is 78.4 Å². The van der Waals surface area contributed by atoms with Gasteiger partial charge in [-0.1, -0.05) is 0 Å². The summed E-state index contributed by atoms with van der Waals surface area (Å²) in [6.45, 7) is 11.1. The van der Waals surface area contributed by atoms with Crippen molar-refractivity contribution in [1.82, 2.24) is 15.1 Å². The first-order valence-electron chi connectivity index (χ1n) is 9.35. The third-order valence-electron chi connectivity index (χ3n) is 3.76. The van der Waals surface area contributed by atoms with Gasteiger partial charge in [0.05, 0.1) is 24.9 Å². The molecule has 0 bridgehead atoms. The van der Waals surface area contributed by atoms with E-state index in [-0.39, 0.29) is 18.8 Å². The van der Waals surface area contributed by atoms with E-state index in [1.807, 2.05) is 20.8 Å². The summed E-state index contributed by atoms with van der Waals surface area (Å²) in [6, 6.07) is 0. The number of nitrogens with one attached hydrogen (secondary N) is 1. The Morgan fingerprint density at radius 2 is 1.93 bits per heavy atom. The number of aliphatic hydroxyl groups is 1. The van der Waals surface area contributed by atoms with Crippen LogP contribution in [0.2, 0.25) is 0 Å². The van der Waals surface area contributed by atoms with Crippen LogP contribution in [0, 0.1) is 0 Å². The van der Waals surface area contributed by atoms with Crippen LogP contribution in [0.25, 0.3) is 0 Å². The molecule has 1 aromatic heterocycles. The fourth-order valence-electron chi connectivity index (χ4n) is 2.52. The molecule has 1 unspecified atom stereocenters. The topological polar surface area (TPSA) is 112 Å². The number of esters is 1. The SMILES string of the molecule is CCOC(=O)c1c(CNC(=O)OC(C)(C)CCC(O)OC(C)(C)C)cnn1C. The van der Waals surface area contributed by atoms with Gasteiger partial charge in [0.15, 0.2) is 12.0 Å². The highest BCUT2D eigenvalue weighted by Crippen LogP contribution is 2.21. The van der Waals surface area contributed by atoms with Crippen LogP contribution in [-0.4, -0.2) is 51.0 Å². The van der Waals surface area contributed by atoms with Gasteiger partial charge in [-0.3, -0.25) is 4.68 Å². The molecule has 2 N–H and O–H groups in total. The van der Waals surface area contributed by atoms with Gasteiger partial charge in [-0.05, 0) is 48.0 Å². The van der Waals surface area contributed by atoms with Gasteiger partial charge in [-0.15, -0.1) is 0 Å². The molecule has 0 saturated heterocycles. The van der Waals surface area contributed by atoms with Crippen LogP contribution in [0.5, 0.6) is 0 Å². The number of carbonyl (C=O) groups is 2. The molecule has 0 aliphatic rings. The Balaban J connectivity index is 2.55. The number of aromatic nitrogens is 2. The van der Waals surface area contributed by atoms with Crippen molar-refractivity contribution in [3.63, 3.8) is 0 Å². The largest absolute Gasteiger partial charge is 0.461 e. The minimum atomic E-state index is -0.937. The molecule has 1 rings (SSSR count). The lowest BCUT2D eigenvalue weighted by atomic mass is 10.0. The number of rotatable bonds is 9. The lowest BCUT2D eigenvalue weighted by Gasteiger charge is -2.28. The van der Waals surface area contributed by atoms with Crippen LogP contribution in [0.15, 0.2) is 6.20 Å². The predicted molar refractivity (Wildman–Crippen MR) is 103 cm³/mol. The monoisotopic (exact) mass is 399 g/mol. The number of nitrogens with zero attached hydrogens (tertiary/aromatic N) is 2. The molecule has 160 valence electrons. The van der Waals surface area contributed by atoms with E-state index in [4.69, 9.17) is 14.2 Å². The van der Waals surface area contributed by atoms with E-state index in [9.17, 15) is 14.7 Å². The van der Waals surface area contributed by atoms with E-state index in [0.29, 0.717) is 18.4 Å². The Morgan fingerprint density at radius 1 is 1.29 bits per heavy atom. The normalized spacial score (nSPS) is 13.1. The molecule has 1 atom stereocenters. The number of aryl methyl sites for hydroxylation is 1. The van der Waals surface area contributed by atoms with Crippen molar-refractivity contribution in [1.29, 1.82) is 0 Å². The van der Waals surface area contributed by atoms with Crippen LogP contribution in [0.1, 0.15) is 70.4 Å². The number of amides is 1. The molecule has 0 aliphatic carbocycles. The van der Waals surface area contributed by atoms with Gasteiger partial charge < -0.3 is 24.6 Å². The second kappa shape index (κ2) is 9.88. The van der Waals surface area contributed by atoms with Crippen molar-refractivity contribution < 1.29 is 28.9 Å². The van der Waals surface area contributed by atoms with Crippen molar-refractivity contribution >= 4 is 12.1 Å². The molecule has 0 aliphatic heterocycles. The number of hydrogen-bond acceptors (Lipinski definition) is 7. The summed E-state index contributed by atoms with van der Waals surface area (Å²) in [7, 11) is 1.63. The zero-order chi connectivity index (χ0) is 21.5. The Morgan fingerprint density at radius 3 is 2.50 bits per heavy atom. The first-order chi connectivity index (χ1) is 12.8. The summed E-state index contributed by atoms with van der Waals surface area (Å²) in [5.74, 6) is -0.499.